The van der Waals surface area contributed by atoms with Crippen LogP contribution in [-0.2, 0) is 19.1 Å². The minimum absolute atomic E-state index is 0.00108. The van der Waals surface area contributed by atoms with Gasteiger partial charge in [0.25, 0.3) is 0 Å². The van der Waals surface area contributed by atoms with E-state index in [2.05, 4.69) is 34.6 Å². The highest BCUT2D eigenvalue weighted by molar-refractivity contribution is 5.86. The predicted molar refractivity (Wildman–Crippen MR) is 98.2 cm³/mol. The van der Waals surface area contributed by atoms with E-state index >= 15 is 0 Å². The monoisotopic (exact) mass is 362 g/mol. The highest BCUT2D eigenvalue weighted by atomic mass is 16.7. The van der Waals surface area contributed by atoms with Crippen molar-refractivity contribution >= 4 is 11.8 Å². The molecule has 146 valence electrons. The number of ether oxygens (including phenoxy) is 2. The van der Waals surface area contributed by atoms with Crippen LogP contribution in [0.4, 0.5) is 0 Å². The number of rotatable bonds is 5. The molecular weight excluding hydrogens is 328 g/mol. The Morgan fingerprint density at radius 1 is 1.15 bits per heavy atom. The van der Waals surface area contributed by atoms with Gasteiger partial charge in [0.2, 0.25) is 0 Å². The van der Waals surface area contributed by atoms with Gasteiger partial charge in [0.1, 0.15) is 5.78 Å². The molecular formula is C22H34O4. The molecule has 0 spiro atoms. The van der Waals surface area contributed by atoms with Crippen LogP contribution in [0.5, 0.6) is 0 Å². The highest BCUT2D eigenvalue weighted by Crippen LogP contribution is 2.68. The molecule has 5 aliphatic rings. The number of esters is 1. The van der Waals surface area contributed by atoms with Gasteiger partial charge in [0.15, 0.2) is 6.79 Å². The van der Waals surface area contributed by atoms with Crippen molar-refractivity contribution in [3.05, 3.63) is 0 Å². The van der Waals surface area contributed by atoms with E-state index in [0.717, 1.165) is 32.1 Å². The van der Waals surface area contributed by atoms with Crippen LogP contribution in [0, 0.1) is 39.9 Å². The van der Waals surface area contributed by atoms with Gasteiger partial charge < -0.3 is 9.47 Å². The van der Waals surface area contributed by atoms with Crippen molar-refractivity contribution in [2.24, 2.45) is 39.9 Å². The number of carbonyl (C=O) groups excluding carboxylic acids is 2. The molecule has 0 aromatic heterocycles. The number of hydrogen-bond donors (Lipinski definition) is 0. The van der Waals surface area contributed by atoms with Gasteiger partial charge in [-0.15, -0.1) is 0 Å². The fourth-order valence-electron chi connectivity index (χ4n) is 6.47. The van der Waals surface area contributed by atoms with Crippen LogP contribution < -0.4 is 0 Å². The molecule has 0 saturated heterocycles. The lowest BCUT2D eigenvalue weighted by atomic mass is 9.54. The quantitative estimate of drug-likeness (QED) is 0.539. The summed E-state index contributed by atoms with van der Waals surface area (Å²) in [5.41, 5.74) is -0.300. The van der Waals surface area contributed by atoms with E-state index in [-0.39, 0.29) is 46.9 Å². The second kappa shape index (κ2) is 5.80. The Balaban J connectivity index is 1.35. The van der Waals surface area contributed by atoms with Crippen LogP contribution in [0.3, 0.4) is 0 Å². The van der Waals surface area contributed by atoms with E-state index in [4.69, 9.17) is 9.47 Å². The molecule has 6 atom stereocenters. The van der Waals surface area contributed by atoms with E-state index in [9.17, 15) is 9.59 Å². The van der Waals surface area contributed by atoms with E-state index in [1.54, 1.807) is 0 Å². The van der Waals surface area contributed by atoms with Crippen molar-refractivity contribution in [2.75, 3.05) is 6.79 Å². The fraction of sp³-hybridized carbons (Fsp3) is 0.909. The summed E-state index contributed by atoms with van der Waals surface area (Å²) in [6.07, 6.45) is 5.91. The van der Waals surface area contributed by atoms with Crippen LogP contribution in [0.1, 0.15) is 73.1 Å². The van der Waals surface area contributed by atoms with Gasteiger partial charge in [-0.1, -0.05) is 34.6 Å². The van der Waals surface area contributed by atoms with Crippen molar-refractivity contribution in [3.63, 3.8) is 0 Å². The topological polar surface area (TPSA) is 52.6 Å². The maximum Gasteiger partial charge on any atom is 0.314 e. The average molecular weight is 363 g/mol. The lowest BCUT2D eigenvalue weighted by molar-refractivity contribution is -0.193. The molecule has 0 radical (unpaired) electrons. The van der Waals surface area contributed by atoms with Gasteiger partial charge in [-0.2, -0.15) is 0 Å². The summed E-state index contributed by atoms with van der Waals surface area (Å²) in [5, 5.41) is 0. The molecule has 0 amide bonds. The second-order valence-corrected chi connectivity index (χ2v) is 11.3. The van der Waals surface area contributed by atoms with Crippen molar-refractivity contribution in [3.8, 4) is 0 Å². The molecule has 4 bridgehead atoms. The summed E-state index contributed by atoms with van der Waals surface area (Å²) in [7, 11) is 0. The summed E-state index contributed by atoms with van der Waals surface area (Å²) in [5.74, 6) is 1.81. The van der Waals surface area contributed by atoms with E-state index < -0.39 is 0 Å². The Hall–Kier alpha value is -0.900. The number of ketones is 1. The molecule has 0 aliphatic heterocycles. The van der Waals surface area contributed by atoms with Gasteiger partial charge in [-0.25, -0.2) is 0 Å². The van der Waals surface area contributed by atoms with Crippen LogP contribution in [0.15, 0.2) is 0 Å². The van der Waals surface area contributed by atoms with Crippen LogP contribution in [-0.4, -0.2) is 24.6 Å². The fourth-order valence-corrected chi connectivity index (χ4v) is 6.47. The van der Waals surface area contributed by atoms with Crippen molar-refractivity contribution < 1.29 is 19.1 Å². The Morgan fingerprint density at radius 2 is 1.85 bits per heavy atom. The third kappa shape index (κ3) is 2.93. The van der Waals surface area contributed by atoms with E-state index in [1.807, 2.05) is 0 Å². The first-order valence-electron chi connectivity index (χ1n) is 10.3. The molecule has 5 aliphatic carbocycles. The normalized spacial score (nSPS) is 42.8. The zero-order chi connectivity index (χ0) is 18.9. The molecule has 6 unspecified atom stereocenters. The summed E-state index contributed by atoms with van der Waals surface area (Å²) < 4.78 is 11.6. The van der Waals surface area contributed by atoms with Gasteiger partial charge >= 0.3 is 5.97 Å². The Labute approximate surface area is 157 Å². The van der Waals surface area contributed by atoms with Crippen molar-refractivity contribution in [1.29, 1.82) is 0 Å². The Kier molecular flexibility index (Phi) is 4.12. The first-order valence-corrected chi connectivity index (χ1v) is 10.3. The lowest BCUT2D eigenvalue weighted by Gasteiger charge is -2.52. The molecule has 5 rings (SSSR count). The smallest absolute Gasteiger partial charge is 0.314 e. The van der Waals surface area contributed by atoms with Gasteiger partial charge in [-0.3, -0.25) is 9.59 Å². The summed E-state index contributed by atoms with van der Waals surface area (Å²) in [6, 6.07) is 0. The Bertz CT molecular complexity index is 616. The number of hydrogen-bond acceptors (Lipinski definition) is 4. The van der Waals surface area contributed by atoms with Gasteiger partial charge in [0.05, 0.1) is 11.5 Å². The number of Topliss-reactive ketones (excluding diaryl/α,β-unsaturated/α-hetero) is 1. The minimum atomic E-state index is -0.380. The number of carbonyl (C=O) groups is 2. The summed E-state index contributed by atoms with van der Waals surface area (Å²) in [6.45, 7) is 10.8. The first-order chi connectivity index (χ1) is 12.0. The molecule has 4 nitrogen and oxygen atoms in total. The molecule has 0 heterocycles. The SMILES string of the molecule is CC(C)(C)CC1(C(=O)OCOC2C3CC4CC(C3)C(=O)C2C4)CC1(C)C. The largest absolute Gasteiger partial charge is 0.438 e. The third-order valence-corrected chi connectivity index (χ3v) is 7.65. The maximum absolute atomic E-state index is 12.9. The first kappa shape index (κ1) is 18.5. The van der Waals surface area contributed by atoms with E-state index in [1.165, 1.54) is 6.42 Å². The third-order valence-electron chi connectivity index (χ3n) is 7.65. The molecule has 4 heteroatoms. The Morgan fingerprint density at radius 3 is 2.46 bits per heavy atom. The zero-order valence-corrected chi connectivity index (χ0v) is 17.0. The van der Waals surface area contributed by atoms with Gasteiger partial charge in [-0.05, 0) is 61.2 Å². The van der Waals surface area contributed by atoms with Gasteiger partial charge in [0, 0.05) is 11.8 Å². The van der Waals surface area contributed by atoms with Crippen LogP contribution >= 0.6 is 0 Å². The average Bonchev–Trinajstić information content (AvgIpc) is 3.06. The minimum Gasteiger partial charge on any atom is -0.438 e. The highest BCUT2D eigenvalue weighted by Gasteiger charge is 2.68. The molecule has 0 aromatic rings. The van der Waals surface area contributed by atoms with Crippen molar-refractivity contribution in [2.45, 2.75) is 79.2 Å². The second-order valence-electron chi connectivity index (χ2n) is 11.3. The van der Waals surface area contributed by atoms with Crippen LogP contribution in [0.2, 0.25) is 0 Å². The molecule has 0 aromatic carbocycles. The molecule has 5 saturated carbocycles. The summed E-state index contributed by atoms with van der Waals surface area (Å²) >= 11 is 0. The summed E-state index contributed by atoms with van der Waals surface area (Å²) in [4.78, 5) is 25.4. The van der Waals surface area contributed by atoms with Crippen LogP contribution in [0.25, 0.3) is 0 Å². The molecule has 26 heavy (non-hydrogen) atoms. The van der Waals surface area contributed by atoms with Crippen molar-refractivity contribution in [1.82, 2.24) is 0 Å². The molecule has 5 fully saturated rings. The maximum atomic E-state index is 12.9. The predicted octanol–water partition coefficient (Wildman–Crippen LogP) is 4.36. The lowest BCUT2D eigenvalue weighted by Crippen LogP contribution is -2.55. The molecule has 0 N–H and O–H groups in total. The van der Waals surface area contributed by atoms with E-state index in [0.29, 0.717) is 17.6 Å². The standard InChI is InChI=1S/C22H34O4/c1-20(2,3)10-22(11-21(22,4)5)19(24)26-12-25-18-15-7-13-6-14(9-15)17(23)16(18)8-13/h13-16,18H,6-12H2,1-5H3. The zero-order valence-electron chi connectivity index (χ0n) is 17.0.